The van der Waals surface area contributed by atoms with Crippen LogP contribution in [0.25, 0.3) is 0 Å². The fraction of sp³-hybridized carbons (Fsp3) is 0.600. The Hall–Kier alpha value is -0.900. The van der Waals surface area contributed by atoms with E-state index in [1.165, 1.54) is 0 Å². The number of aliphatic hydroxyl groups is 1. The van der Waals surface area contributed by atoms with Crippen LogP contribution in [0.4, 0.5) is 0 Å². The maximum atomic E-state index is 10.3. The van der Waals surface area contributed by atoms with Gasteiger partial charge in [0, 0.05) is 26.2 Å². The first-order valence-electron chi connectivity index (χ1n) is 6.80. The molecule has 0 saturated carbocycles. The van der Waals surface area contributed by atoms with E-state index in [2.05, 4.69) is 11.8 Å². The predicted octanol–water partition coefficient (Wildman–Crippen LogP) is 2.08. The van der Waals surface area contributed by atoms with Crippen molar-refractivity contribution in [3.63, 3.8) is 0 Å². The predicted molar refractivity (Wildman–Crippen MR) is 72.4 cm³/mol. The number of benzene rings is 1. The highest BCUT2D eigenvalue weighted by atomic mass is 16.5. The first kappa shape index (κ1) is 13.5. The largest absolute Gasteiger partial charge is 0.388 e. The molecular formula is C15H23NO2. The van der Waals surface area contributed by atoms with Crippen molar-refractivity contribution in [1.29, 1.82) is 0 Å². The van der Waals surface area contributed by atoms with Crippen LogP contribution in [0.15, 0.2) is 30.3 Å². The Morgan fingerprint density at radius 1 is 1.22 bits per heavy atom. The minimum atomic E-state index is -0.379. The molecule has 0 radical (unpaired) electrons. The average Bonchev–Trinajstić information content (AvgIpc) is 2.67. The van der Waals surface area contributed by atoms with E-state index >= 15 is 0 Å². The molecule has 0 spiro atoms. The van der Waals surface area contributed by atoms with Crippen molar-refractivity contribution >= 4 is 0 Å². The molecule has 1 aromatic carbocycles. The summed E-state index contributed by atoms with van der Waals surface area (Å²) in [4.78, 5) is 2.39. The monoisotopic (exact) mass is 249 g/mol. The van der Waals surface area contributed by atoms with Gasteiger partial charge in [-0.2, -0.15) is 0 Å². The van der Waals surface area contributed by atoms with E-state index in [-0.39, 0.29) is 12.0 Å². The molecule has 1 aromatic rings. The van der Waals surface area contributed by atoms with Crippen molar-refractivity contribution in [2.24, 2.45) is 5.92 Å². The zero-order chi connectivity index (χ0) is 12.8. The SMILES string of the molecule is CC(CN1CCCOCC1)C(O)c1ccccc1. The minimum absolute atomic E-state index is 0.241. The maximum absolute atomic E-state index is 10.3. The molecule has 0 aromatic heterocycles. The summed E-state index contributed by atoms with van der Waals surface area (Å²) in [6.07, 6.45) is 0.712. The van der Waals surface area contributed by atoms with E-state index in [1.54, 1.807) is 0 Å². The zero-order valence-corrected chi connectivity index (χ0v) is 11.1. The third-order valence-corrected chi connectivity index (χ3v) is 3.54. The second-order valence-electron chi connectivity index (χ2n) is 5.10. The lowest BCUT2D eigenvalue weighted by molar-refractivity contribution is 0.0847. The molecule has 1 saturated heterocycles. The molecule has 1 heterocycles. The van der Waals surface area contributed by atoms with Crippen molar-refractivity contribution in [2.45, 2.75) is 19.4 Å². The van der Waals surface area contributed by atoms with Crippen LogP contribution in [0.3, 0.4) is 0 Å². The Morgan fingerprint density at radius 3 is 2.78 bits per heavy atom. The summed E-state index contributed by atoms with van der Waals surface area (Å²) in [6, 6.07) is 9.92. The first-order chi connectivity index (χ1) is 8.77. The lowest BCUT2D eigenvalue weighted by Gasteiger charge is -2.26. The fourth-order valence-electron chi connectivity index (χ4n) is 2.47. The summed E-state index contributed by atoms with van der Waals surface area (Å²) in [5.41, 5.74) is 1.01. The molecule has 18 heavy (non-hydrogen) atoms. The Bertz CT molecular complexity index is 334. The van der Waals surface area contributed by atoms with Gasteiger partial charge in [-0.15, -0.1) is 0 Å². The van der Waals surface area contributed by atoms with Crippen LogP contribution in [0.1, 0.15) is 25.0 Å². The highest BCUT2D eigenvalue weighted by Gasteiger charge is 2.19. The molecule has 1 aliphatic rings. The molecule has 100 valence electrons. The normalized spacial score (nSPS) is 21.2. The van der Waals surface area contributed by atoms with Crippen LogP contribution >= 0.6 is 0 Å². The molecule has 1 N–H and O–H groups in total. The molecule has 0 bridgehead atoms. The molecular weight excluding hydrogens is 226 g/mol. The van der Waals surface area contributed by atoms with Crippen LogP contribution in [-0.2, 0) is 4.74 Å². The van der Waals surface area contributed by atoms with Gasteiger partial charge in [-0.1, -0.05) is 37.3 Å². The van der Waals surface area contributed by atoms with Crippen molar-refractivity contribution in [3.05, 3.63) is 35.9 Å². The van der Waals surface area contributed by atoms with E-state index in [0.717, 1.165) is 44.8 Å². The fourth-order valence-corrected chi connectivity index (χ4v) is 2.47. The molecule has 2 rings (SSSR count). The highest BCUT2D eigenvalue weighted by molar-refractivity contribution is 5.17. The van der Waals surface area contributed by atoms with Crippen LogP contribution < -0.4 is 0 Å². The van der Waals surface area contributed by atoms with Gasteiger partial charge in [0.1, 0.15) is 0 Å². The quantitative estimate of drug-likeness (QED) is 0.887. The van der Waals surface area contributed by atoms with E-state index in [9.17, 15) is 5.11 Å². The smallest absolute Gasteiger partial charge is 0.0827 e. The summed E-state index contributed by atoms with van der Waals surface area (Å²) in [5.74, 6) is 0.241. The second kappa shape index (κ2) is 6.88. The van der Waals surface area contributed by atoms with Crippen LogP contribution in [-0.4, -0.2) is 42.9 Å². The van der Waals surface area contributed by atoms with Crippen molar-refractivity contribution in [3.8, 4) is 0 Å². The van der Waals surface area contributed by atoms with Gasteiger partial charge in [0.25, 0.3) is 0 Å². The molecule has 0 aliphatic carbocycles. The number of ether oxygens (including phenoxy) is 1. The number of rotatable bonds is 4. The van der Waals surface area contributed by atoms with E-state index in [0.29, 0.717) is 0 Å². The molecule has 1 aliphatic heterocycles. The van der Waals surface area contributed by atoms with Crippen LogP contribution in [0.2, 0.25) is 0 Å². The molecule has 2 atom stereocenters. The average molecular weight is 249 g/mol. The van der Waals surface area contributed by atoms with Gasteiger partial charge in [0.2, 0.25) is 0 Å². The Kier molecular flexibility index (Phi) is 5.17. The second-order valence-corrected chi connectivity index (χ2v) is 5.10. The third-order valence-electron chi connectivity index (χ3n) is 3.54. The lowest BCUT2D eigenvalue weighted by Crippen LogP contribution is -2.33. The van der Waals surface area contributed by atoms with Crippen LogP contribution in [0, 0.1) is 5.92 Å². The third kappa shape index (κ3) is 3.80. The molecule has 2 unspecified atom stereocenters. The van der Waals surface area contributed by atoms with Crippen molar-refractivity contribution in [2.75, 3.05) is 32.8 Å². The van der Waals surface area contributed by atoms with E-state index in [4.69, 9.17) is 4.74 Å². The van der Waals surface area contributed by atoms with E-state index < -0.39 is 0 Å². The molecule has 3 heteroatoms. The summed E-state index contributed by atoms with van der Waals surface area (Å²) in [6.45, 7) is 6.78. The first-order valence-corrected chi connectivity index (χ1v) is 6.80. The van der Waals surface area contributed by atoms with Gasteiger partial charge in [0.15, 0.2) is 0 Å². The summed E-state index contributed by atoms with van der Waals surface area (Å²) in [7, 11) is 0. The standard InChI is InChI=1S/C15H23NO2/c1-13(12-16-8-5-10-18-11-9-16)15(17)14-6-3-2-4-7-14/h2-4,6-7,13,15,17H,5,8-12H2,1H3. The molecule has 3 nitrogen and oxygen atoms in total. The Morgan fingerprint density at radius 2 is 2.00 bits per heavy atom. The lowest BCUT2D eigenvalue weighted by atomic mass is 9.97. The number of nitrogens with zero attached hydrogens (tertiary/aromatic N) is 1. The number of aliphatic hydroxyl groups excluding tert-OH is 1. The van der Waals surface area contributed by atoms with Gasteiger partial charge in [-0.3, -0.25) is 0 Å². The Labute approximate surface area is 109 Å². The number of hydrogen-bond acceptors (Lipinski definition) is 3. The van der Waals surface area contributed by atoms with E-state index in [1.807, 2.05) is 30.3 Å². The summed E-state index contributed by atoms with van der Waals surface area (Å²) < 4.78 is 5.45. The summed E-state index contributed by atoms with van der Waals surface area (Å²) >= 11 is 0. The van der Waals surface area contributed by atoms with Crippen molar-refractivity contribution < 1.29 is 9.84 Å². The highest BCUT2D eigenvalue weighted by Crippen LogP contribution is 2.22. The summed E-state index contributed by atoms with van der Waals surface area (Å²) in [5, 5.41) is 10.3. The van der Waals surface area contributed by atoms with Gasteiger partial charge in [-0.25, -0.2) is 0 Å². The van der Waals surface area contributed by atoms with Gasteiger partial charge in [-0.05, 0) is 17.9 Å². The maximum Gasteiger partial charge on any atom is 0.0827 e. The van der Waals surface area contributed by atoms with Crippen molar-refractivity contribution in [1.82, 2.24) is 4.90 Å². The van der Waals surface area contributed by atoms with Gasteiger partial charge >= 0.3 is 0 Å². The minimum Gasteiger partial charge on any atom is -0.388 e. The molecule has 0 amide bonds. The van der Waals surface area contributed by atoms with Crippen LogP contribution in [0.5, 0.6) is 0 Å². The zero-order valence-electron chi connectivity index (χ0n) is 11.1. The topological polar surface area (TPSA) is 32.7 Å². The Balaban J connectivity index is 1.88. The number of hydrogen-bond donors (Lipinski definition) is 1. The van der Waals surface area contributed by atoms with Gasteiger partial charge in [0.05, 0.1) is 12.7 Å². The van der Waals surface area contributed by atoms with Gasteiger partial charge < -0.3 is 14.7 Å². The molecule has 1 fully saturated rings.